The third kappa shape index (κ3) is 2.86. The van der Waals surface area contributed by atoms with Gasteiger partial charge in [-0.25, -0.2) is 4.98 Å². The normalized spacial score (nSPS) is 12.6. The summed E-state index contributed by atoms with van der Waals surface area (Å²) in [6.45, 7) is 6.62. The van der Waals surface area contributed by atoms with Crippen molar-refractivity contribution in [1.82, 2.24) is 15.2 Å². The molecule has 84 valence electrons. The molecule has 5 heteroatoms. The Morgan fingerprint density at radius 3 is 2.47 bits per heavy atom. The summed E-state index contributed by atoms with van der Waals surface area (Å²) in [5.74, 6) is 0.666. The van der Waals surface area contributed by atoms with Crippen LogP contribution in [0.3, 0.4) is 0 Å². The fraction of sp³-hybridized carbons (Fsp3) is 0.700. The Labute approximate surface area is 90.7 Å². The molecule has 5 nitrogen and oxygen atoms in total. The van der Waals surface area contributed by atoms with E-state index in [0.29, 0.717) is 18.5 Å². The van der Waals surface area contributed by atoms with Crippen molar-refractivity contribution in [3.63, 3.8) is 0 Å². The molecule has 0 aliphatic rings. The van der Waals surface area contributed by atoms with Crippen LogP contribution in [0.15, 0.2) is 0 Å². The summed E-state index contributed by atoms with van der Waals surface area (Å²) in [5.41, 5.74) is 7.31. The van der Waals surface area contributed by atoms with Crippen LogP contribution in [-0.4, -0.2) is 34.8 Å². The van der Waals surface area contributed by atoms with Crippen molar-refractivity contribution in [3.8, 4) is 0 Å². The molecule has 0 amide bonds. The molecular weight excluding hydrogens is 190 g/mol. The first kappa shape index (κ1) is 11.8. The van der Waals surface area contributed by atoms with Gasteiger partial charge in [0.05, 0.1) is 11.4 Å². The van der Waals surface area contributed by atoms with Crippen LogP contribution >= 0.6 is 0 Å². The van der Waals surface area contributed by atoms with Gasteiger partial charge in [0.25, 0.3) is 0 Å². The lowest BCUT2D eigenvalue weighted by atomic mass is 10.2. The lowest BCUT2D eigenvalue weighted by molar-refractivity contribution is 0.616. The number of hydrogen-bond acceptors (Lipinski definition) is 5. The van der Waals surface area contributed by atoms with Crippen molar-refractivity contribution in [2.24, 2.45) is 5.73 Å². The van der Waals surface area contributed by atoms with Gasteiger partial charge in [-0.05, 0) is 33.7 Å². The van der Waals surface area contributed by atoms with E-state index in [4.69, 9.17) is 5.73 Å². The third-order valence-corrected chi connectivity index (χ3v) is 2.64. The van der Waals surface area contributed by atoms with Crippen LogP contribution in [0.25, 0.3) is 0 Å². The molecule has 0 fully saturated rings. The van der Waals surface area contributed by atoms with Crippen molar-refractivity contribution < 1.29 is 0 Å². The van der Waals surface area contributed by atoms with Gasteiger partial charge >= 0.3 is 0 Å². The minimum atomic E-state index is 0.332. The van der Waals surface area contributed by atoms with E-state index in [9.17, 15) is 0 Å². The van der Waals surface area contributed by atoms with Crippen molar-refractivity contribution >= 4 is 5.95 Å². The molecule has 0 saturated heterocycles. The minimum absolute atomic E-state index is 0.332. The average Bonchev–Trinajstić information content (AvgIpc) is 2.21. The molecule has 0 bridgehead atoms. The highest BCUT2D eigenvalue weighted by Crippen LogP contribution is 2.10. The molecule has 1 rings (SSSR count). The van der Waals surface area contributed by atoms with Gasteiger partial charge in [0.15, 0.2) is 0 Å². The van der Waals surface area contributed by atoms with E-state index < -0.39 is 0 Å². The number of aryl methyl sites for hydroxylation is 2. The molecule has 0 saturated carbocycles. The van der Waals surface area contributed by atoms with Gasteiger partial charge in [-0.1, -0.05) is 0 Å². The summed E-state index contributed by atoms with van der Waals surface area (Å²) in [6.07, 6.45) is 0.923. The van der Waals surface area contributed by atoms with Crippen molar-refractivity contribution in [2.75, 3.05) is 18.5 Å². The molecule has 1 heterocycles. The lowest BCUT2D eigenvalue weighted by Crippen LogP contribution is -2.32. The van der Waals surface area contributed by atoms with Crippen LogP contribution in [0.2, 0.25) is 0 Å². The number of aromatic nitrogens is 3. The minimum Gasteiger partial charge on any atom is -0.340 e. The maximum Gasteiger partial charge on any atom is 0.245 e. The zero-order chi connectivity index (χ0) is 11.4. The Kier molecular flexibility index (Phi) is 3.96. The molecule has 2 N–H and O–H groups in total. The molecule has 0 aliphatic carbocycles. The van der Waals surface area contributed by atoms with Crippen LogP contribution in [0, 0.1) is 13.8 Å². The summed E-state index contributed by atoms with van der Waals surface area (Å²) < 4.78 is 0. The predicted molar refractivity (Wildman–Crippen MR) is 60.8 cm³/mol. The number of nitrogens with two attached hydrogens (primary N) is 1. The van der Waals surface area contributed by atoms with Gasteiger partial charge in [0.2, 0.25) is 5.95 Å². The van der Waals surface area contributed by atoms with Gasteiger partial charge in [-0.15, -0.1) is 5.10 Å². The molecule has 0 spiro atoms. The number of hydrogen-bond donors (Lipinski definition) is 1. The predicted octanol–water partition coefficient (Wildman–Crippen LogP) is 0.662. The molecule has 15 heavy (non-hydrogen) atoms. The number of anilines is 1. The average molecular weight is 209 g/mol. The van der Waals surface area contributed by atoms with E-state index in [2.05, 4.69) is 22.1 Å². The fourth-order valence-corrected chi connectivity index (χ4v) is 1.23. The summed E-state index contributed by atoms with van der Waals surface area (Å²) in [7, 11) is 1.96. The van der Waals surface area contributed by atoms with E-state index in [1.54, 1.807) is 0 Å². The molecule has 0 aliphatic heterocycles. The van der Waals surface area contributed by atoms with E-state index in [0.717, 1.165) is 17.8 Å². The standard InChI is InChI=1S/C10H19N5/c1-7(5-6-11)15(4)10-12-8(2)9(3)13-14-10/h7H,5-6,11H2,1-4H3. The zero-order valence-electron chi connectivity index (χ0n) is 9.86. The molecule has 1 atom stereocenters. The first-order chi connectivity index (χ1) is 7.06. The second-order valence-electron chi connectivity index (χ2n) is 3.82. The SMILES string of the molecule is Cc1nnc(N(C)C(C)CCN)nc1C. The third-order valence-electron chi connectivity index (χ3n) is 2.64. The molecule has 1 aromatic heterocycles. The van der Waals surface area contributed by atoms with Crippen molar-refractivity contribution in [3.05, 3.63) is 11.4 Å². The maximum atomic E-state index is 5.52. The highest BCUT2D eigenvalue weighted by Gasteiger charge is 2.12. The van der Waals surface area contributed by atoms with E-state index in [-0.39, 0.29) is 0 Å². The zero-order valence-corrected chi connectivity index (χ0v) is 9.86. The topological polar surface area (TPSA) is 67.9 Å². The van der Waals surface area contributed by atoms with E-state index in [1.165, 1.54) is 0 Å². The van der Waals surface area contributed by atoms with Gasteiger partial charge in [-0.3, -0.25) is 0 Å². The molecule has 1 unspecified atom stereocenters. The second kappa shape index (κ2) is 5.02. The number of nitrogens with zero attached hydrogens (tertiary/aromatic N) is 4. The highest BCUT2D eigenvalue weighted by atomic mass is 15.3. The fourth-order valence-electron chi connectivity index (χ4n) is 1.23. The summed E-state index contributed by atoms with van der Waals surface area (Å²) >= 11 is 0. The first-order valence-electron chi connectivity index (χ1n) is 5.17. The quantitative estimate of drug-likeness (QED) is 0.789. The molecular formula is C10H19N5. The summed E-state index contributed by atoms with van der Waals surface area (Å²) in [5, 5.41) is 8.12. The largest absolute Gasteiger partial charge is 0.340 e. The van der Waals surface area contributed by atoms with Crippen LogP contribution in [0.4, 0.5) is 5.95 Å². The lowest BCUT2D eigenvalue weighted by Gasteiger charge is -2.24. The van der Waals surface area contributed by atoms with E-state index in [1.807, 2.05) is 25.8 Å². The Balaban J connectivity index is 2.81. The molecule has 0 radical (unpaired) electrons. The van der Waals surface area contributed by atoms with Crippen LogP contribution in [0.5, 0.6) is 0 Å². The van der Waals surface area contributed by atoms with Gasteiger partial charge in [0, 0.05) is 13.1 Å². The number of rotatable bonds is 4. The monoisotopic (exact) mass is 209 g/mol. The van der Waals surface area contributed by atoms with Gasteiger partial charge in [0.1, 0.15) is 0 Å². The van der Waals surface area contributed by atoms with Crippen molar-refractivity contribution in [1.29, 1.82) is 0 Å². The smallest absolute Gasteiger partial charge is 0.245 e. The molecule has 0 aromatic carbocycles. The van der Waals surface area contributed by atoms with Gasteiger partial charge < -0.3 is 10.6 Å². The first-order valence-corrected chi connectivity index (χ1v) is 5.17. The van der Waals surface area contributed by atoms with Gasteiger partial charge in [-0.2, -0.15) is 5.10 Å². The molecule has 1 aromatic rings. The van der Waals surface area contributed by atoms with Crippen LogP contribution in [0.1, 0.15) is 24.7 Å². The highest BCUT2D eigenvalue weighted by molar-refractivity contribution is 5.29. The Hall–Kier alpha value is -1.23. The maximum absolute atomic E-state index is 5.52. The summed E-state index contributed by atoms with van der Waals surface area (Å²) in [4.78, 5) is 6.39. The van der Waals surface area contributed by atoms with Crippen LogP contribution < -0.4 is 10.6 Å². The Morgan fingerprint density at radius 1 is 1.27 bits per heavy atom. The summed E-state index contributed by atoms with van der Waals surface area (Å²) in [6, 6.07) is 0.332. The van der Waals surface area contributed by atoms with Crippen LogP contribution in [-0.2, 0) is 0 Å². The second-order valence-corrected chi connectivity index (χ2v) is 3.82. The Morgan fingerprint density at radius 2 is 1.93 bits per heavy atom. The van der Waals surface area contributed by atoms with E-state index >= 15 is 0 Å². The Bertz CT molecular complexity index is 326. The van der Waals surface area contributed by atoms with Crippen molar-refractivity contribution in [2.45, 2.75) is 33.2 Å².